The lowest BCUT2D eigenvalue weighted by atomic mass is 9.99. The number of nitrogens with zero attached hydrogens (tertiary/aromatic N) is 1. The van der Waals surface area contributed by atoms with Gasteiger partial charge in [-0.2, -0.15) is 0 Å². The smallest absolute Gasteiger partial charge is 0.106 e. The van der Waals surface area contributed by atoms with Crippen LogP contribution in [0, 0.1) is 0 Å². The Balaban J connectivity index is 2.63. The van der Waals surface area contributed by atoms with Crippen molar-refractivity contribution in [1.29, 1.82) is 0 Å². The van der Waals surface area contributed by atoms with Crippen LogP contribution in [0.25, 0.3) is 0 Å². The van der Waals surface area contributed by atoms with Crippen molar-refractivity contribution in [3.05, 3.63) is 12.3 Å². The summed E-state index contributed by atoms with van der Waals surface area (Å²) in [5.74, 6) is 0.108. The van der Waals surface area contributed by atoms with Crippen LogP contribution in [0.15, 0.2) is 12.3 Å². The van der Waals surface area contributed by atoms with Crippen LogP contribution in [0.4, 0.5) is 0 Å². The molecule has 0 aromatic heterocycles. The monoisotopic (exact) mass is 142 g/mol. The van der Waals surface area contributed by atoms with E-state index >= 15 is 0 Å². The van der Waals surface area contributed by atoms with Crippen LogP contribution in [0.3, 0.4) is 0 Å². The number of likely N-dealkylation sites (tertiary alicyclic amines) is 1. The maximum absolute atomic E-state index is 9.08. The van der Waals surface area contributed by atoms with Crippen LogP contribution in [-0.4, -0.2) is 35.7 Å². The van der Waals surface area contributed by atoms with Gasteiger partial charge in [0, 0.05) is 13.1 Å². The predicted molar refractivity (Wildman–Crippen MR) is 40.8 cm³/mol. The van der Waals surface area contributed by atoms with Crippen molar-refractivity contribution < 1.29 is 5.11 Å². The second kappa shape index (κ2) is 2.25. The molecule has 0 saturated carbocycles. The summed E-state index contributed by atoms with van der Waals surface area (Å²) in [7, 11) is 1.98. The third-order valence-corrected chi connectivity index (χ3v) is 2.07. The summed E-state index contributed by atoms with van der Waals surface area (Å²) in [6.07, 6.45) is 0.804. The van der Waals surface area contributed by atoms with E-state index in [1.807, 2.05) is 7.05 Å². The number of likely N-dealkylation sites (N-methyl/N-ethyl adjacent to an activating group) is 1. The van der Waals surface area contributed by atoms with E-state index in [2.05, 4.69) is 11.5 Å². The molecule has 3 heteroatoms. The number of nitrogens with two attached hydrogens (primary N) is 1. The second-order valence-corrected chi connectivity index (χ2v) is 3.09. The largest absolute Gasteiger partial charge is 0.511 e. The molecule has 1 aliphatic heterocycles. The van der Waals surface area contributed by atoms with E-state index in [0.717, 1.165) is 13.0 Å². The zero-order valence-electron chi connectivity index (χ0n) is 6.30. The predicted octanol–water partition coefficient (Wildman–Crippen LogP) is 0.0911. The fraction of sp³-hybridized carbons (Fsp3) is 0.714. The lowest BCUT2D eigenvalue weighted by molar-refractivity contribution is 0.291. The first kappa shape index (κ1) is 7.57. The van der Waals surface area contributed by atoms with Gasteiger partial charge in [0.1, 0.15) is 5.76 Å². The summed E-state index contributed by atoms with van der Waals surface area (Å²) < 4.78 is 0. The molecule has 0 aromatic carbocycles. The van der Waals surface area contributed by atoms with Crippen LogP contribution in [0.1, 0.15) is 6.42 Å². The van der Waals surface area contributed by atoms with Gasteiger partial charge in [0.2, 0.25) is 0 Å². The van der Waals surface area contributed by atoms with Gasteiger partial charge in [0.05, 0.1) is 5.54 Å². The SMILES string of the molecule is C=C(O)[C@@]1(N)CCN(C)C1. The van der Waals surface area contributed by atoms with Crippen molar-refractivity contribution in [2.45, 2.75) is 12.0 Å². The molecule has 0 bridgehead atoms. The molecule has 0 unspecified atom stereocenters. The van der Waals surface area contributed by atoms with Crippen molar-refractivity contribution in [3.8, 4) is 0 Å². The average molecular weight is 142 g/mol. The lowest BCUT2D eigenvalue weighted by Crippen LogP contribution is -2.43. The van der Waals surface area contributed by atoms with E-state index in [4.69, 9.17) is 10.8 Å². The van der Waals surface area contributed by atoms with E-state index in [1.54, 1.807) is 0 Å². The van der Waals surface area contributed by atoms with E-state index < -0.39 is 5.54 Å². The highest BCUT2D eigenvalue weighted by Gasteiger charge is 2.35. The molecular formula is C7H14N2O. The fourth-order valence-electron chi connectivity index (χ4n) is 1.27. The summed E-state index contributed by atoms with van der Waals surface area (Å²) in [5, 5.41) is 9.08. The first-order valence-corrected chi connectivity index (χ1v) is 3.40. The van der Waals surface area contributed by atoms with Gasteiger partial charge in [-0.3, -0.25) is 0 Å². The van der Waals surface area contributed by atoms with E-state index in [9.17, 15) is 0 Å². The van der Waals surface area contributed by atoms with Crippen LogP contribution < -0.4 is 5.73 Å². The van der Waals surface area contributed by atoms with Crippen LogP contribution >= 0.6 is 0 Å². The highest BCUT2D eigenvalue weighted by Crippen LogP contribution is 2.21. The normalized spacial score (nSPS) is 34.6. The number of rotatable bonds is 1. The lowest BCUT2D eigenvalue weighted by Gasteiger charge is -2.21. The molecule has 58 valence electrons. The summed E-state index contributed by atoms with van der Waals surface area (Å²) >= 11 is 0. The highest BCUT2D eigenvalue weighted by atomic mass is 16.3. The zero-order chi connectivity index (χ0) is 7.78. The van der Waals surface area contributed by atoms with Gasteiger partial charge in [0.15, 0.2) is 0 Å². The Morgan fingerprint density at radius 3 is 2.60 bits per heavy atom. The van der Waals surface area contributed by atoms with Gasteiger partial charge in [0.25, 0.3) is 0 Å². The minimum Gasteiger partial charge on any atom is -0.511 e. The van der Waals surface area contributed by atoms with E-state index in [1.165, 1.54) is 0 Å². The summed E-state index contributed by atoms with van der Waals surface area (Å²) in [6.45, 7) is 5.10. The van der Waals surface area contributed by atoms with Crippen LogP contribution in [0.2, 0.25) is 0 Å². The van der Waals surface area contributed by atoms with Crippen LogP contribution in [0.5, 0.6) is 0 Å². The number of aliphatic hydroxyl groups is 1. The Labute approximate surface area is 61.1 Å². The average Bonchev–Trinajstić information content (AvgIpc) is 2.13. The van der Waals surface area contributed by atoms with Gasteiger partial charge in [-0.25, -0.2) is 0 Å². The molecule has 3 nitrogen and oxygen atoms in total. The summed E-state index contributed by atoms with van der Waals surface area (Å²) in [6, 6.07) is 0. The van der Waals surface area contributed by atoms with Crippen molar-refractivity contribution in [3.63, 3.8) is 0 Å². The second-order valence-electron chi connectivity index (χ2n) is 3.09. The topological polar surface area (TPSA) is 49.5 Å². The highest BCUT2D eigenvalue weighted by molar-refractivity contribution is 5.12. The molecule has 1 fully saturated rings. The Kier molecular flexibility index (Phi) is 1.70. The van der Waals surface area contributed by atoms with Crippen LogP contribution in [-0.2, 0) is 0 Å². The molecule has 1 rings (SSSR count). The van der Waals surface area contributed by atoms with Gasteiger partial charge in [-0.1, -0.05) is 6.58 Å². The minimum absolute atomic E-state index is 0.108. The molecule has 0 spiro atoms. The Bertz CT molecular complexity index is 158. The van der Waals surface area contributed by atoms with Crippen molar-refractivity contribution >= 4 is 0 Å². The standard InChI is InChI=1S/C7H14N2O/c1-6(10)7(8)3-4-9(2)5-7/h10H,1,3-5,8H2,2H3/t7-/m1/s1. The van der Waals surface area contributed by atoms with Crippen molar-refractivity contribution in [2.24, 2.45) is 5.73 Å². The van der Waals surface area contributed by atoms with Gasteiger partial charge < -0.3 is 15.7 Å². The Morgan fingerprint density at radius 1 is 1.80 bits per heavy atom. The molecular weight excluding hydrogens is 128 g/mol. The number of hydrogen-bond acceptors (Lipinski definition) is 3. The molecule has 3 N–H and O–H groups in total. The third kappa shape index (κ3) is 1.15. The van der Waals surface area contributed by atoms with Gasteiger partial charge >= 0.3 is 0 Å². The molecule has 0 aromatic rings. The molecule has 0 amide bonds. The molecule has 10 heavy (non-hydrogen) atoms. The van der Waals surface area contributed by atoms with E-state index in [-0.39, 0.29) is 5.76 Å². The third-order valence-electron chi connectivity index (χ3n) is 2.07. The molecule has 1 atom stereocenters. The van der Waals surface area contributed by atoms with E-state index in [0.29, 0.717) is 6.54 Å². The van der Waals surface area contributed by atoms with Crippen molar-refractivity contribution in [2.75, 3.05) is 20.1 Å². The first-order chi connectivity index (χ1) is 4.54. The number of aliphatic hydroxyl groups excluding tert-OH is 1. The Morgan fingerprint density at radius 2 is 2.40 bits per heavy atom. The molecule has 1 aliphatic rings. The first-order valence-electron chi connectivity index (χ1n) is 3.40. The quantitative estimate of drug-likeness (QED) is 0.510. The minimum atomic E-state index is -0.547. The summed E-state index contributed by atoms with van der Waals surface area (Å²) in [4.78, 5) is 2.08. The maximum Gasteiger partial charge on any atom is 0.106 e. The molecule has 0 aliphatic carbocycles. The fourth-order valence-corrected chi connectivity index (χ4v) is 1.27. The molecule has 1 heterocycles. The summed E-state index contributed by atoms with van der Waals surface area (Å²) in [5.41, 5.74) is 5.25. The molecule has 0 radical (unpaired) electrons. The maximum atomic E-state index is 9.08. The zero-order valence-corrected chi connectivity index (χ0v) is 6.30. The van der Waals surface area contributed by atoms with Gasteiger partial charge in [-0.15, -0.1) is 0 Å². The number of hydrogen-bond donors (Lipinski definition) is 2. The molecule has 1 saturated heterocycles. The Hall–Kier alpha value is -0.540. The van der Waals surface area contributed by atoms with Crippen molar-refractivity contribution in [1.82, 2.24) is 4.90 Å². The van der Waals surface area contributed by atoms with Gasteiger partial charge in [-0.05, 0) is 13.5 Å².